The predicted molar refractivity (Wildman–Crippen MR) is 77.7 cm³/mol. The Hall–Kier alpha value is -2.23. The topological polar surface area (TPSA) is 53.3 Å². The maximum Gasteiger partial charge on any atom is 0.416 e. The Kier molecular flexibility index (Phi) is 5.14. The average molecular weight is 326 g/mol. The zero-order valence-corrected chi connectivity index (χ0v) is 12.7. The molecule has 7 heteroatoms. The molecule has 23 heavy (non-hydrogen) atoms. The number of hydrogen-bond acceptors (Lipinski definition) is 4. The van der Waals surface area contributed by atoms with E-state index in [1.807, 2.05) is 6.07 Å². The van der Waals surface area contributed by atoms with Crippen molar-refractivity contribution in [2.45, 2.75) is 25.9 Å². The average Bonchev–Trinajstić information content (AvgIpc) is 2.53. The number of esters is 1. The van der Waals surface area contributed by atoms with Crippen LogP contribution in [0.1, 0.15) is 30.9 Å². The molecule has 0 saturated carbocycles. The second-order valence-corrected chi connectivity index (χ2v) is 5.35. The molecule has 1 fully saturated rings. The van der Waals surface area contributed by atoms with E-state index >= 15 is 0 Å². The van der Waals surface area contributed by atoms with Crippen molar-refractivity contribution in [3.05, 3.63) is 29.3 Å². The highest BCUT2D eigenvalue weighted by atomic mass is 19.4. The van der Waals surface area contributed by atoms with Gasteiger partial charge in [0.15, 0.2) is 0 Å². The molecule has 0 N–H and O–H groups in total. The van der Waals surface area contributed by atoms with Crippen LogP contribution < -0.4 is 4.90 Å². The van der Waals surface area contributed by atoms with Crippen molar-refractivity contribution >= 4 is 11.7 Å². The first-order valence-corrected chi connectivity index (χ1v) is 7.39. The molecule has 0 spiro atoms. The maximum absolute atomic E-state index is 12.9. The number of halogens is 3. The lowest BCUT2D eigenvalue weighted by Crippen LogP contribution is -2.37. The van der Waals surface area contributed by atoms with Gasteiger partial charge in [-0.1, -0.05) is 0 Å². The Morgan fingerprint density at radius 3 is 2.57 bits per heavy atom. The fraction of sp³-hybridized carbons (Fsp3) is 0.500. The molecule has 1 aromatic rings. The third-order valence-electron chi connectivity index (χ3n) is 3.90. The van der Waals surface area contributed by atoms with Crippen LogP contribution in [-0.2, 0) is 15.7 Å². The molecule has 0 radical (unpaired) electrons. The summed E-state index contributed by atoms with van der Waals surface area (Å²) in [7, 11) is 0. The lowest BCUT2D eigenvalue weighted by Gasteiger charge is -2.33. The number of hydrogen-bond donors (Lipinski definition) is 0. The van der Waals surface area contributed by atoms with Crippen LogP contribution in [0, 0.1) is 17.2 Å². The molecular formula is C16H17F3N2O2. The van der Waals surface area contributed by atoms with E-state index < -0.39 is 11.7 Å². The third-order valence-corrected chi connectivity index (χ3v) is 3.90. The number of rotatable bonds is 3. The van der Waals surface area contributed by atoms with E-state index in [0.29, 0.717) is 32.5 Å². The fourth-order valence-corrected chi connectivity index (χ4v) is 2.68. The van der Waals surface area contributed by atoms with E-state index in [1.54, 1.807) is 11.8 Å². The third kappa shape index (κ3) is 3.95. The van der Waals surface area contributed by atoms with Crippen LogP contribution >= 0.6 is 0 Å². The number of carbonyl (C=O) groups is 1. The van der Waals surface area contributed by atoms with Crippen molar-refractivity contribution in [1.29, 1.82) is 5.26 Å². The molecule has 1 saturated heterocycles. The van der Waals surface area contributed by atoms with E-state index in [9.17, 15) is 18.0 Å². The zero-order chi connectivity index (χ0) is 17.0. The van der Waals surface area contributed by atoms with Crippen LogP contribution in [0.4, 0.5) is 18.9 Å². The number of piperidine rings is 1. The first kappa shape index (κ1) is 17.1. The normalized spacial score (nSPS) is 16.0. The summed E-state index contributed by atoms with van der Waals surface area (Å²) in [5.41, 5.74) is -0.309. The van der Waals surface area contributed by atoms with Crippen LogP contribution in [-0.4, -0.2) is 25.7 Å². The highest BCUT2D eigenvalue weighted by molar-refractivity contribution is 5.73. The standard InChI is InChI=1S/C16H17F3N2O2/c1-2-23-15(22)11-5-7-21(8-6-11)14-9-13(16(17,18)19)4-3-12(14)10-20/h3-4,9,11H,2,5-8H2,1H3. The van der Waals surface area contributed by atoms with Gasteiger partial charge in [-0.05, 0) is 38.0 Å². The van der Waals surface area contributed by atoms with E-state index in [1.165, 1.54) is 6.07 Å². The summed E-state index contributed by atoms with van der Waals surface area (Å²) in [6, 6.07) is 5.03. The second-order valence-electron chi connectivity index (χ2n) is 5.35. The van der Waals surface area contributed by atoms with Gasteiger partial charge in [0, 0.05) is 13.1 Å². The van der Waals surface area contributed by atoms with E-state index in [0.717, 1.165) is 12.1 Å². The minimum absolute atomic E-state index is 0.201. The van der Waals surface area contributed by atoms with Crippen molar-refractivity contribution in [2.75, 3.05) is 24.6 Å². The quantitative estimate of drug-likeness (QED) is 0.799. The van der Waals surface area contributed by atoms with Gasteiger partial charge in [0.1, 0.15) is 6.07 Å². The van der Waals surface area contributed by atoms with Gasteiger partial charge >= 0.3 is 12.1 Å². The summed E-state index contributed by atoms with van der Waals surface area (Å²) in [6.07, 6.45) is -3.45. The Morgan fingerprint density at radius 2 is 2.04 bits per heavy atom. The van der Waals surface area contributed by atoms with Gasteiger partial charge in [0.25, 0.3) is 0 Å². The smallest absolute Gasteiger partial charge is 0.416 e. The van der Waals surface area contributed by atoms with E-state index in [2.05, 4.69) is 0 Å². The Balaban J connectivity index is 2.17. The molecule has 4 nitrogen and oxygen atoms in total. The molecule has 0 unspecified atom stereocenters. The minimum Gasteiger partial charge on any atom is -0.466 e. The first-order chi connectivity index (χ1) is 10.9. The molecule has 2 rings (SSSR count). The number of nitriles is 1. The monoisotopic (exact) mass is 326 g/mol. The van der Waals surface area contributed by atoms with Gasteiger partial charge in [-0.2, -0.15) is 18.4 Å². The van der Waals surface area contributed by atoms with Crippen LogP contribution in [0.2, 0.25) is 0 Å². The minimum atomic E-state index is -4.45. The molecule has 1 aliphatic heterocycles. The van der Waals surface area contributed by atoms with Crippen molar-refractivity contribution in [1.82, 2.24) is 0 Å². The van der Waals surface area contributed by atoms with Crippen molar-refractivity contribution in [3.8, 4) is 6.07 Å². The highest BCUT2D eigenvalue weighted by Gasteiger charge is 2.33. The summed E-state index contributed by atoms with van der Waals surface area (Å²) in [6.45, 7) is 2.87. The number of alkyl halides is 3. The van der Waals surface area contributed by atoms with Crippen LogP contribution in [0.3, 0.4) is 0 Å². The fourth-order valence-electron chi connectivity index (χ4n) is 2.68. The molecular weight excluding hydrogens is 309 g/mol. The van der Waals surface area contributed by atoms with Gasteiger partial charge in [0.2, 0.25) is 0 Å². The van der Waals surface area contributed by atoms with Gasteiger partial charge < -0.3 is 9.64 Å². The molecule has 0 aliphatic carbocycles. The lowest BCUT2D eigenvalue weighted by atomic mass is 9.95. The first-order valence-electron chi connectivity index (χ1n) is 7.39. The van der Waals surface area contributed by atoms with E-state index in [-0.39, 0.29) is 23.1 Å². The predicted octanol–water partition coefficient (Wildman–Crippen LogP) is 3.36. The number of benzene rings is 1. The molecule has 0 atom stereocenters. The van der Waals surface area contributed by atoms with Gasteiger partial charge in [-0.15, -0.1) is 0 Å². The Morgan fingerprint density at radius 1 is 1.39 bits per heavy atom. The number of nitrogens with zero attached hydrogens (tertiary/aromatic N) is 2. The summed E-state index contributed by atoms with van der Waals surface area (Å²) < 4.78 is 43.6. The SMILES string of the molecule is CCOC(=O)C1CCN(c2cc(C(F)(F)F)ccc2C#N)CC1. The van der Waals surface area contributed by atoms with Gasteiger partial charge in [-0.3, -0.25) is 4.79 Å². The lowest BCUT2D eigenvalue weighted by molar-refractivity contribution is -0.148. The molecule has 0 bridgehead atoms. The molecule has 1 heterocycles. The van der Waals surface area contributed by atoms with Crippen LogP contribution in [0.15, 0.2) is 18.2 Å². The van der Waals surface area contributed by atoms with Crippen LogP contribution in [0.5, 0.6) is 0 Å². The van der Waals surface area contributed by atoms with Crippen molar-refractivity contribution in [2.24, 2.45) is 5.92 Å². The molecule has 1 aliphatic rings. The number of carbonyl (C=O) groups excluding carboxylic acids is 1. The molecule has 1 aromatic carbocycles. The molecule has 0 amide bonds. The summed E-state index contributed by atoms with van der Waals surface area (Å²) >= 11 is 0. The van der Waals surface area contributed by atoms with Crippen LogP contribution in [0.25, 0.3) is 0 Å². The Labute approximate surface area is 132 Å². The van der Waals surface area contributed by atoms with Gasteiger partial charge in [-0.25, -0.2) is 0 Å². The maximum atomic E-state index is 12.9. The molecule has 124 valence electrons. The zero-order valence-electron chi connectivity index (χ0n) is 12.7. The highest BCUT2D eigenvalue weighted by Crippen LogP contribution is 2.34. The van der Waals surface area contributed by atoms with Crippen molar-refractivity contribution < 1.29 is 22.7 Å². The largest absolute Gasteiger partial charge is 0.466 e. The number of ether oxygens (including phenoxy) is 1. The Bertz CT molecular complexity index is 615. The van der Waals surface area contributed by atoms with Crippen molar-refractivity contribution in [3.63, 3.8) is 0 Å². The number of anilines is 1. The van der Waals surface area contributed by atoms with Gasteiger partial charge in [0.05, 0.1) is 29.3 Å². The summed E-state index contributed by atoms with van der Waals surface area (Å²) in [4.78, 5) is 13.4. The van der Waals surface area contributed by atoms with E-state index in [4.69, 9.17) is 10.00 Å². The summed E-state index contributed by atoms with van der Waals surface area (Å²) in [5, 5.41) is 9.12. The molecule has 0 aromatic heterocycles. The summed E-state index contributed by atoms with van der Waals surface area (Å²) in [5.74, 6) is -0.501. The second kappa shape index (κ2) is 6.90.